The van der Waals surface area contributed by atoms with Crippen LogP contribution in [-0.4, -0.2) is 46.8 Å². The number of aliphatic hydroxyl groups excluding tert-OH is 1. The number of fused-ring (bicyclic) bond motifs is 5. The molecule has 30 heavy (non-hydrogen) atoms. The summed E-state index contributed by atoms with van der Waals surface area (Å²) in [5, 5.41) is 19.4. The summed E-state index contributed by atoms with van der Waals surface area (Å²) in [6.07, 6.45) is 13.7. The molecule has 0 aromatic heterocycles. The van der Waals surface area contributed by atoms with Gasteiger partial charge in [-0.25, -0.2) is 0 Å². The van der Waals surface area contributed by atoms with Crippen molar-refractivity contribution in [2.75, 3.05) is 13.6 Å². The summed E-state index contributed by atoms with van der Waals surface area (Å²) >= 11 is 0. The van der Waals surface area contributed by atoms with Gasteiger partial charge in [0, 0.05) is 6.04 Å². The summed E-state index contributed by atoms with van der Waals surface area (Å²) in [4.78, 5) is 13.7. The maximum Gasteiger partial charge on any atom is 0.306 e. The molecule has 0 spiro atoms. The Morgan fingerprint density at radius 2 is 1.97 bits per heavy atom. The molecule has 4 nitrogen and oxygen atoms in total. The fourth-order valence-corrected chi connectivity index (χ4v) is 8.26. The van der Waals surface area contributed by atoms with Crippen LogP contribution in [0.4, 0.5) is 0 Å². The Balaban J connectivity index is 1.44. The lowest BCUT2D eigenvalue weighted by molar-refractivity contribution is -0.141. The van der Waals surface area contributed by atoms with E-state index in [2.05, 4.69) is 31.9 Å². The van der Waals surface area contributed by atoms with Gasteiger partial charge in [-0.3, -0.25) is 4.79 Å². The van der Waals surface area contributed by atoms with Crippen molar-refractivity contribution in [2.45, 2.75) is 97.1 Å². The summed E-state index contributed by atoms with van der Waals surface area (Å²) in [5.74, 6) is 1.50. The van der Waals surface area contributed by atoms with Gasteiger partial charge in [-0.15, -0.1) is 0 Å². The lowest BCUT2D eigenvalue weighted by Crippen LogP contribution is -2.53. The molecule has 8 unspecified atom stereocenters. The summed E-state index contributed by atoms with van der Waals surface area (Å²) in [5.41, 5.74) is 2.27. The molecule has 0 aromatic carbocycles. The fourth-order valence-electron chi connectivity index (χ4n) is 8.26. The van der Waals surface area contributed by atoms with Crippen LogP contribution in [0.5, 0.6) is 0 Å². The van der Waals surface area contributed by atoms with Gasteiger partial charge in [0.1, 0.15) is 0 Å². The minimum atomic E-state index is -0.669. The Kier molecular flexibility index (Phi) is 6.13. The van der Waals surface area contributed by atoms with Gasteiger partial charge in [0.25, 0.3) is 0 Å². The number of nitrogens with zero attached hydrogens (tertiary/aromatic N) is 1. The van der Waals surface area contributed by atoms with Crippen LogP contribution in [0.2, 0.25) is 0 Å². The van der Waals surface area contributed by atoms with Gasteiger partial charge in [-0.2, -0.15) is 0 Å². The Morgan fingerprint density at radius 3 is 2.70 bits per heavy atom. The topological polar surface area (TPSA) is 60.8 Å². The van der Waals surface area contributed by atoms with Crippen LogP contribution in [-0.2, 0) is 4.79 Å². The van der Waals surface area contributed by atoms with Crippen LogP contribution in [0.15, 0.2) is 11.6 Å². The molecule has 4 aliphatic carbocycles. The highest BCUT2D eigenvalue weighted by Gasteiger charge is 2.59. The molecule has 3 saturated carbocycles. The second-order valence-electron chi connectivity index (χ2n) is 11.7. The van der Waals surface area contributed by atoms with E-state index in [1.54, 1.807) is 5.57 Å². The number of hydrogen-bond donors (Lipinski definition) is 2. The van der Waals surface area contributed by atoms with Crippen molar-refractivity contribution >= 4 is 5.97 Å². The first-order chi connectivity index (χ1) is 14.2. The summed E-state index contributed by atoms with van der Waals surface area (Å²) < 4.78 is 0. The molecular formula is C26H43NO3. The van der Waals surface area contributed by atoms with Crippen LogP contribution in [0.3, 0.4) is 0 Å². The summed E-state index contributed by atoms with van der Waals surface area (Å²) in [7, 11) is 2.28. The normalized spacial score (nSPS) is 44.1. The van der Waals surface area contributed by atoms with E-state index in [1.807, 2.05) is 6.92 Å². The van der Waals surface area contributed by atoms with Gasteiger partial charge in [0.15, 0.2) is 0 Å². The molecule has 0 aliphatic heterocycles. The van der Waals surface area contributed by atoms with Crippen LogP contribution in [0.1, 0.15) is 85.0 Å². The molecule has 4 heteroatoms. The summed E-state index contributed by atoms with van der Waals surface area (Å²) in [6, 6.07) is 0.634. The van der Waals surface area contributed by atoms with Crippen molar-refractivity contribution in [3.05, 3.63) is 11.6 Å². The number of carboxylic acid groups (broad SMARTS) is 1. The van der Waals surface area contributed by atoms with Crippen LogP contribution in [0.25, 0.3) is 0 Å². The van der Waals surface area contributed by atoms with Crippen LogP contribution >= 0.6 is 0 Å². The van der Waals surface area contributed by atoms with E-state index >= 15 is 0 Å². The number of rotatable bonds is 6. The van der Waals surface area contributed by atoms with Crippen molar-refractivity contribution in [3.8, 4) is 0 Å². The van der Waals surface area contributed by atoms with E-state index in [0.717, 1.165) is 56.4 Å². The van der Waals surface area contributed by atoms with Crippen molar-refractivity contribution in [1.29, 1.82) is 0 Å². The number of aliphatic hydroxyl groups is 1. The zero-order valence-electron chi connectivity index (χ0n) is 19.6. The Labute approximate surface area is 183 Å². The fraction of sp³-hybridized carbons (Fsp3) is 0.885. The first kappa shape index (κ1) is 22.3. The number of aliphatic carboxylic acids is 1. The molecule has 170 valence electrons. The molecule has 4 aliphatic rings. The maximum atomic E-state index is 11.1. The highest BCUT2D eigenvalue weighted by Crippen LogP contribution is 2.65. The average Bonchev–Trinajstić information content (AvgIpc) is 3.05. The van der Waals surface area contributed by atoms with Crippen LogP contribution < -0.4 is 0 Å². The van der Waals surface area contributed by atoms with Gasteiger partial charge in [0.2, 0.25) is 0 Å². The van der Waals surface area contributed by atoms with Crippen molar-refractivity contribution in [1.82, 2.24) is 4.90 Å². The number of allylic oxidation sites excluding steroid dienone is 1. The lowest BCUT2D eigenvalue weighted by Gasteiger charge is -2.58. The van der Waals surface area contributed by atoms with Gasteiger partial charge in [0.05, 0.1) is 12.0 Å². The van der Waals surface area contributed by atoms with Gasteiger partial charge >= 0.3 is 5.97 Å². The average molecular weight is 418 g/mol. The monoisotopic (exact) mass is 417 g/mol. The molecule has 0 bridgehead atoms. The highest BCUT2D eigenvalue weighted by atomic mass is 16.4. The number of carboxylic acids is 1. The minimum Gasteiger partial charge on any atom is -0.481 e. The zero-order valence-corrected chi connectivity index (χ0v) is 19.6. The largest absolute Gasteiger partial charge is 0.481 e. The van der Waals surface area contributed by atoms with Crippen LogP contribution in [0, 0.1) is 34.5 Å². The summed E-state index contributed by atoms with van der Waals surface area (Å²) in [6.45, 7) is 7.91. The van der Waals surface area contributed by atoms with E-state index in [9.17, 15) is 9.90 Å². The Bertz CT molecular complexity index is 690. The molecule has 0 amide bonds. The minimum absolute atomic E-state index is 0.122. The smallest absolute Gasteiger partial charge is 0.306 e. The van der Waals surface area contributed by atoms with Gasteiger partial charge in [-0.1, -0.05) is 32.4 Å². The second kappa shape index (κ2) is 8.24. The molecule has 0 radical (unpaired) electrons. The highest BCUT2D eigenvalue weighted by molar-refractivity contribution is 5.69. The van der Waals surface area contributed by atoms with Gasteiger partial charge < -0.3 is 15.1 Å². The maximum absolute atomic E-state index is 11.1. The third kappa shape index (κ3) is 3.66. The van der Waals surface area contributed by atoms with E-state index in [0.29, 0.717) is 16.9 Å². The van der Waals surface area contributed by atoms with Crippen molar-refractivity contribution in [3.63, 3.8) is 0 Å². The van der Waals surface area contributed by atoms with E-state index in [1.165, 1.54) is 32.1 Å². The van der Waals surface area contributed by atoms with Crippen molar-refractivity contribution < 1.29 is 15.0 Å². The van der Waals surface area contributed by atoms with E-state index in [4.69, 9.17) is 5.11 Å². The number of hydrogen-bond acceptors (Lipinski definition) is 3. The molecular weight excluding hydrogens is 374 g/mol. The standard InChI is InChI=1S/C26H43NO3/c1-17(24(29)30)6-5-15-27(4)23-10-9-21-20-8-7-18-16-19(28)11-13-25(18,2)22(20)12-14-26(21,23)3/h7,17,19-23,28H,5-6,8-16H2,1-4H3,(H,29,30). The second-order valence-corrected chi connectivity index (χ2v) is 11.7. The molecule has 3 fully saturated rings. The third-order valence-corrected chi connectivity index (χ3v) is 10.1. The quantitative estimate of drug-likeness (QED) is 0.590. The Hall–Kier alpha value is -0.870. The first-order valence-electron chi connectivity index (χ1n) is 12.5. The number of carbonyl (C=O) groups is 1. The molecule has 0 aromatic rings. The van der Waals surface area contributed by atoms with Crippen molar-refractivity contribution in [2.24, 2.45) is 34.5 Å². The third-order valence-electron chi connectivity index (χ3n) is 10.1. The SMILES string of the molecule is CC(CCCN(C)C1CCC2C3CC=C4CC(O)CCC4(C)C3CCC21C)C(=O)O. The lowest BCUT2D eigenvalue weighted by atomic mass is 9.48. The Morgan fingerprint density at radius 1 is 1.20 bits per heavy atom. The van der Waals surface area contributed by atoms with E-state index in [-0.39, 0.29) is 12.0 Å². The molecule has 2 N–H and O–H groups in total. The zero-order chi connectivity index (χ0) is 21.7. The molecule has 8 atom stereocenters. The predicted molar refractivity (Wildman–Crippen MR) is 120 cm³/mol. The molecule has 0 heterocycles. The predicted octanol–water partition coefficient (Wildman–Crippen LogP) is 5.11. The molecule has 4 rings (SSSR count). The molecule has 0 saturated heterocycles. The van der Waals surface area contributed by atoms with Gasteiger partial charge in [-0.05, 0) is 106 Å². The van der Waals surface area contributed by atoms with E-state index < -0.39 is 5.97 Å². The first-order valence-corrected chi connectivity index (χ1v) is 12.5.